The van der Waals surface area contributed by atoms with Crippen LogP contribution in [0.25, 0.3) is 5.69 Å². The molecule has 22 heavy (non-hydrogen) atoms. The van der Waals surface area contributed by atoms with Gasteiger partial charge in [0.05, 0.1) is 12.3 Å². The standard InChI is InChI=1S/C14H13BrF2N2O3/c1-3-21-13(20)10-7-19(8(2)18-10)11-5-4-9(15)6-12(11)22-14(16)17/h4-7,14H,3H2,1-2H3. The van der Waals surface area contributed by atoms with Crippen molar-refractivity contribution in [3.63, 3.8) is 0 Å². The molecule has 1 heterocycles. The van der Waals surface area contributed by atoms with Gasteiger partial charge < -0.3 is 9.47 Å². The SMILES string of the molecule is CCOC(=O)c1cn(-c2ccc(Br)cc2OC(F)F)c(C)n1. The minimum atomic E-state index is -2.96. The third-order valence-corrected chi connectivity index (χ3v) is 3.26. The molecule has 8 heteroatoms. The smallest absolute Gasteiger partial charge is 0.387 e. The maximum Gasteiger partial charge on any atom is 0.387 e. The van der Waals surface area contributed by atoms with Crippen LogP contribution in [0.3, 0.4) is 0 Å². The summed E-state index contributed by atoms with van der Waals surface area (Å²) < 4.78 is 36.6. The first-order chi connectivity index (χ1) is 10.4. The highest BCUT2D eigenvalue weighted by molar-refractivity contribution is 9.10. The van der Waals surface area contributed by atoms with Gasteiger partial charge >= 0.3 is 12.6 Å². The number of nitrogens with zero attached hydrogens (tertiary/aromatic N) is 2. The van der Waals surface area contributed by atoms with E-state index in [1.165, 1.54) is 16.8 Å². The van der Waals surface area contributed by atoms with Gasteiger partial charge in [-0.15, -0.1) is 0 Å². The Labute approximate surface area is 134 Å². The van der Waals surface area contributed by atoms with Gasteiger partial charge in [-0.05, 0) is 32.0 Å². The number of esters is 1. The van der Waals surface area contributed by atoms with E-state index in [0.29, 0.717) is 16.0 Å². The Kier molecular flexibility index (Phi) is 5.12. The normalized spacial score (nSPS) is 10.8. The minimum absolute atomic E-state index is 0.0275. The number of hydrogen-bond acceptors (Lipinski definition) is 4. The van der Waals surface area contributed by atoms with Crippen LogP contribution in [0, 0.1) is 6.92 Å². The lowest BCUT2D eigenvalue weighted by Gasteiger charge is -2.12. The Bertz CT molecular complexity index is 689. The van der Waals surface area contributed by atoms with Crippen molar-refractivity contribution in [3.05, 3.63) is 40.4 Å². The molecular weight excluding hydrogens is 362 g/mol. The minimum Gasteiger partial charge on any atom is -0.461 e. The van der Waals surface area contributed by atoms with E-state index in [1.54, 1.807) is 26.0 Å². The van der Waals surface area contributed by atoms with Crippen molar-refractivity contribution in [2.75, 3.05) is 6.61 Å². The number of rotatable bonds is 5. The molecule has 2 rings (SSSR count). The highest BCUT2D eigenvalue weighted by atomic mass is 79.9. The van der Waals surface area contributed by atoms with Gasteiger partial charge in [-0.25, -0.2) is 9.78 Å². The van der Waals surface area contributed by atoms with Gasteiger partial charge in [0.2, 0.25) is 0 Å². The number of carbonyl (C=O) groups excluding carboxylic acids is 1. The largest absolute Gasteiger partial charge is 0.461 e. The van der Waals surface area contributed by atoms with Crippen LogP contribution in [0.5, 0.6) is 5.75 Å². The molecule has 0 saturated heterocycles. The number of aromatic nitrogens is 2. The molecule has 0 fully saturated rings. The van der Waals surface area contributed by atoms with Crippen LogP contribution in [-0.2, 0) is 4.74 Å². The quantitative estimate of drug-likeness (QED) is 0.748. The summed E-state index contributed by atoms with van der Waals surface area (Å²) in [6.45, 7) is 0.603. The van der Waals surface area contributed by atoms with Gasteiger partial charge in [0.25, 0.3) is 0 Å². The second-order valence-electron chi connectivity index (χ2n) is 4.25. The first-order valence-corrected chi connectivity index (χ1v) is 7.19. The summed E-state index contributed by atoms with van der Waals surface area (Å²) in [5.41, 5.74) is 0.453. The van der Waals surface area contributed by atoms with E-state index in [2.05, 4.69) is 25.7 Å². The van der Waals surface area contributed by atoms with Crippen LogP contribution in [0.1, 0.15) is 23.2 Å². The van der Waals surface area contributed by atoms with Crippen molar-refractivity contribution in [3.8, 4) is 11.4 Å². The molecule has 118 valence electrons. The van der Waals surface area contributed by atoms with E-state index in [9.17, 15) is 13.6 Å². The van der Waals surface area contributed by atoms with Gasteiger partial charge in [-0.3, -0.25) is 4.57 Å². The number of carbonyl (C=O) groups is 1. The zero-order valence-electron chi connectivity index (χ0n) is 11.8. The second kappa shape index (κ2) is 6.87. The number of benzene rings is 1. The highest BCUT2D eigenvalue weighted by Crippen LogP contribution is 2.29. The number of aryl methyl sites for hydroxylation is 1. The topological polar surface area (TPSA) is 53.4 Å². The number of alkyl halides is 2. The Morgan fingerprint density at radius 1 is 1.45 bits per heavy atom. The molecule has 0 aliphatic rings. The molecule has 1 aromatic carbocycles. The molecule has 0 bridgehead atoms. The molecule has 0 spiro atoms. The molecule has 0 aliphatic carbocycles. The zero-order chi connectivity index (χ0) is 16.3. The third kappa shape index (κ3) is 3.62. The predicted molar refractivity (Wildman–Crippen MR) is 78.6 cm³/mol. The monoisotopic (exact) mass is 374 g/mol. The van der Waals surface area contributed by atoms with Gasteiger partial charge in [0, 0.05) is 10.7 Å². The summed E-state index contributed by atoms with van der Waals surface area (Å²) in [5, 5.41) is 0. The van der Waals surface area contributed by atoms with Crippen LogP contribution in [0.15, 0.2) is 28.9 Å². The van der Waals surface area contributed by atoms with Gasteiger partial charge in [0.15, 0.2) is 11.4 Å². The summed E-state index contributed by atoms with van der Waals surface area (Å²) >= 11 is 3.20. The zero-order valence-corrected chi connectivity index (χ0v) is 13.4. The number of halogens is 3. The fourth-order valence-electron chi connectivity index (χ4n) is 1.90. The Morgan fingerprint density at radius 2 is 2.18 bits per heavy atom. The van der Waals surface area contributed by atoms with Crippen molar-refractivity contribution < 1.29 is 23.0 Å². The number of ether oxygens (including phenoxy) is 2. The molecular formula is C14H13BrF2N2O3. The molecule has 0 atom stereocenters. The van der Waals surface area contributed by atoms with E-state index in [-0.39, 0.29) is 18.1 Å². The summed E-state index contributed by atoms with van der Waals surface area (Å²) in [6, 6.07) is 4.69. The summed E-state index contributed by atoms with van der Waals surface area (Å²) in [5.74, 6) is -0.150. The van der Waals surface area contributed by atoms with Crippen molar-refractivity contribution in [1.82, 2.24) is 9.55 Å². The summed E-state index contributed by atoms with van der Waals surface area (Å²) in [7, 11) is 0. The maximum absolute atomic E-state index is 12.5. The van der Waals surface area contributed by atoms with Crippen molar-refractivity contribution >= 4 is 21.9 Å². The lowest BCUT2D eigenvalue weighted by Crippen LogP contribution is -2.06. The van der Waals surface area contributed by atoms with E-state index in [0.717, 1.165) is 0 Å². The van der Waals surface area contributed by atoms with Crippen LogP contribution in [-0.4, -0.2) is 28.7 Å². The van der Waals surface area contributed by atoms with Crippen molar-refractivity contribution in [2.45, 2.75) is 20.5 Å². The van der Waals surface area contributed by atoms with E-state index in [4.69, 9.17) is 4.74 Å². The van der Waals surface area contributed by atoms with E-state index in [1.807, 2.05) is 0 Å². The number of imidazole rings is 1. The molecule has 0 radical (unpaired) electrons. The number of hydrogen-bond donors (Lipinski definition) is 0. The first kappa shape index (κ1) is 16.4. The second-order valence-corrected chi connectivity index (χ2v) is 5.17. The summed E-state index contributed by atoms with van der Waals surface area (Å²) in [4.78, 5) is 15.8. The molecule has 1 aromatic heterocycles. The van der Waals surface area contributed by atoms with Crippen LogP contribution in [0.4, 0.5) is 8.78 Å². The predicted octanol–water partition coefficient (Wildman–Crippen LogP) is 3.72. The van der Waals surface area contributed by atoms with Gasteiger partial charge in [-0.1, -0.05) is 15.9 Å². The maximum atomic E-state index is 12.5. The molecule has 0 N–H and O–H groups in total. The molecule has 2 aromatic rings. The lowest BCUT2D eigenvalue weighted by atomic mass is 10.3. The molecule has 0 saturated carbocycles. The Hall–Kier alpha value is -1.96. The highest BCUT2D eigenvalue weighted by Gasteiger charge is 2.18. The molecule has 0 unspecified atom stereocenters. The van der Waals surface area contributed by atoms with Crippen molar-refractivity contribution in [1.29, 1.82) is 0 Å². The van der Waals surface area contributed by atoms with Crippen molar-refractivity contribution in [2.24, 2.45) is 0 Å². The van der Waals surface area contributed by atoms with E-state index < -0.39 is 12.6 Å². The fourth-order valence-corrected chi connectivity index (χ4v) is 2.24. The van der Waals surface area contributed by atoms with E-state index >= 15 is 0 Å². The fraction of sp³-hybridized carbons (Fsp3) is 0.286. The molecule has 0 amide bonds. The molecule has 0 aliphatic heterocycles. The van der Waals surface area contributed by atoms with Crippen LogP contribution < -0.4 is 4.74 Å². The average molecular weight is 375 g/mol. The third-order valence-electron chi connectivity index (χ3n) is 2.76. The summed E-state index contributed by atoms with van der Waals surface area (Å²) in [6.07, 6.45) is 1.43. The first-order valence-electron chi connectivity index (χ1n) is 6.40. The van der Waals surface area contributed by atoms with Gasteiger partial charge in [0.1, 0.15) is 5.82 Å². The Morgan fingerprint density at radius 3 is 2.82 bits per heavy atom. The lowest BCUT2D eigenvalue weighted by molar-refractivity contribution is -0.0499. The van der Waals surface area contributed by atoms with Crippen LogP contribution in [0.2, 0.25) is 0 Å². The molecule has 5 nitrogen and oxygen atoms in total. The van der Waals surface area contributed by atoms with Gasteiger partial charge in [-0.2, -0.15) is 8.78 Å². The van der Waals surface area contributed by atoms with Crippen LogP contribution >= 0.6 is 15.9 Å². The Balaban J connectivity index is 2.45. The average Bonchev–Trinajstić information content (AvgIpc) is 2.81.